The van der Waals surface area contributed by atoms with Gasteiger partial charge in [-0.3, -0.25) is 4.79 Å². The highest BCUT2D eigenvalue weighted by Gasteiger charge is 2.28. The summed E-state index contributed by atoms with van der Waals surface area (Å²) in [6, 6.07) is 16.7. The van der Waals surface area contributed by atoms with Crippen LogP contribution < -0.4 is 0 Å². The number of rotatable bonds is 11. The van der Waals surface area contributed by atoms with E-state index >= 15 is 0 Å². The van der Waals surface area contributed by atoms with Crippen LogP contribution in [0.3, 0.4) is 0 Å². The SMILES string of the molecule is O=C(CCCCCCCOPF)OCC1c2ccccc2-c2ccccc21. The topological polar surface area (TPSA) is 35.5 Å². The average molecular weight is 388 g/mol. The molecule has 0 aliphatic heterocycles. The summed E-state index contributed by atoms with van der Waals surface area (Å²) in [7, 11) is -0.915. The predicted molar refractivity (Wildman–Crippen MR) is 108 cm³/mol. The molecule has 0 aromatic heterocycles. The number of unbranched alkanes of at least 4 members (excludes halogenated alkanes) is 4. The van der Waals surface area contributed by atoms with Crippen molar-refractivity contribution in [2.24, 2.45) is 0 Å². The number of halogens is 1. The molecule has 0 fully saturated rings. The lowest BCUT2D eigenvalue weighted by Crippen LogP contribution is -2.12. The fraction of sp³-hybridized carbons (Fsp3) is 0.409. The largest absolute Gasteiger partial charge is 0.465 e. The van der Waals surface area contributed by atoms with Crippen LogP contribution in [-0.4, -0.2) is 19.2 Å². The molecule has 2 aromatic rings. The van der Waals surface area contributed by atoms with Gasteiger partial charge in [-0.15, -0.1) is 0 Å². The molecule has 2 aromatic carbocycles. The van der Waals surface area contributed by atoms with Gasteiger partial charge in [0, 0.05) is 12.3 Å². The highest BCUT2D eigenvalue weighted by molar-refractivity contribution is 7.25. The normalized spacial score (nSPS) is 13.1. The van der Waals surface area contributed by atoms with Gasteiger partial charge in [0.05, 0.1) is 6.61 Å². The maximum Gasteiger partial charge on any atom is 0.305 e. The standard InChI is InChI=1S/C22H26FO3P/c23-27-26-15-9-3-1-2-4-14-22(24)25-16-21-19-12-7-5-10-17(19)18-11-6-8-13-20(18)21/h5-8,10-13,21,27H,1-4,9,14-16H2. The van der Waals surface area contributed by atoms with Crippen molar-refractivity contribution in [3.8, 4) is 11.1 Å². The molecular formula is C22H26FO3P. The summed E-state index contributed by atoms with van der Waals surface area (Å²) in [5.41, 5.74) is 4.96. The number of fused-ring (bicyclic) bond motifs is 3. The van der Waals surface area contributed by atoms with Gasteiger partial charge in [-0.25, -0.2) is 0 Å². The Morgan fingerprint density at radius 3 is 2.15 bits per heavy atom. The molecule has 1 aliphatic rings. The first-order valence-electron chi connectivity index (χ1n) is 9.62. The van der Waals surface area contributed by atoms with Crippen LogP contribution in [0.4, 0.5) is 4.20 Å². The van der Waals surface area contributed by atoms with E-state index in [0.717, 1.165) is 32.1 Å². The third kappa shape index (κ3) is 5.37. The van der Waals surface area contributed by atoms with Gasteiger partial charge in [0.2, 0.25) is 9.12 Å². The van der Waals surface area contributed by atoms with Crippen LogP contribution >= 0.6 is 9.12 Å². The monoisotopic (exact) mass is 388 g/mol. The van der Waals surface area contributed by atoms with E-state index in [4.69, 9.17) is 9.26 Å². The first-order valence-corrected chi connectivity index (χ1v) is 10.4. The lowest BCUT2D eigenvalue weighted by Gasteiger charge is -2.14. The molecule has 144 valence electrons. The highest BCUT2D eigenvalue weighted by Crippen LogP contribution is 2.44. The van der Waals surface area contributed by atoms with Gasteiger partial charge >= 0.3 is 5.97 Å². The Balaban J connectivity index is 1.42. The van der Waals surface area contributed by atoms with E-state index in [9.17, 15) is 8.99 Å². The van der Waals surface area contributed by atoms with Crippen LogP contribution in [0.15, 0.2) is 48.5 Å². The first kappa shape index (κ1) is 20.0. The van der Waals surface area contributed by atoms with Gasteiger partial charge < -0.3 is 9.26 Å². The van der Waals surface area contributed by atoms with E-state index < -0.39 is 9.12 Å². The summed E-state index contributed by atoms with van der Waals surface area (Å²) in [6.45, 7) is 0.884. The fourth-order valence-corrected chi connectivity index (χ4v) is 3.92. The molecule has 0 saturated carbocycles. The molecule has 27 heavy (non-hydrogen) atoms. The lowest BCUT2D eigenvalue weighted by atomic mass is 9.98. The molecule has 1 unspecified atom stereocenters. The second-order valence-electron chi connectivity index (χ2n) is 6.85. The van der Waals surface area contributed by atoms with Crippen LogP contribution in [0.2, 0.25) is 0 Å². The fourth-order valence-electron chi connectivity index (χ4n) is 3.70. The summed E-state index contributed by atoms with van der Waals surface area (Å²) in [5.74, 6) is -0.00334. The quantitative estimate of drug-likeness (QED) is 0.262. The van der Waals surface area contributed by atoms with Crippen molar-refractivity contribution in [1.29, 1.82) is 0 Å². The van der Waals surface area contributed by atoms with Gasteiger partial charge in [-0.05, 0) is 35.1 Å². The third-order valence-corrected chi connectivity index (χ3v) is 5.37. The predicted octanol–water partition coefficient (Wildman–Crippen LogP) is 6.18. The maximum absolute atomic E-state index is 12.1. The van der Waals surface area contributed by atoms with E-state index in [0.29, 0.717) is 19.6 Å². The van der Waals surface area contributed by atoms with Gasteiger partial charge in [0.1, 0.15) is 6.61 Å². The number of ether oxygens (including phenoxy) is 1. The number of esters is 1. The molecule has 3 rings (SSSR count). The third-order valence-electron chi connectivity index (χ3n) is 5.06. The number of hydrogen-bond donors (Lipinski definition) is 0. The molecule has 3 nitrogen and oxygen atoms in total. The average Bonchev–Trinajstić information content (AvgIpc) is 3.02. The zero-order valence-corrected chi connectivity index (χ0v) is 16.5. The maximum atomic E-state index is 12.1. The summed E-state index contributed by atoms with van der Waals surface area (Å²) >= 11 is 0. The first-order chi connectivity index (χ1) is 13.3. The minimum atomic E-state index is -0.915. The van der Waals surface area contributed by atoms with Crippen LogP contribution in [-0.2, 0) is 14.1 Å². The molecular weight excluding hydrogens is 362 g/mol. The number of benzene rings is 2. The Morgan fingerprint density at radius 2 is 1.48 bits per heavy atom. The Hall–Kier alpha value is -1.77. The molecule has 0 saturated heterocycles. The molecule has 5 heteroatoms. The van der Waals surface area contributed by atoms with Crippen molar-refractivity contribution in [2.45, 2.75) is 44.4 Å². The minimum absolute atomic E-state index is 0.123. The van der Waals surface area contributed by atoms with E-state index in [-0.39, 0.29) is 11.9 Å². The molecule has 1 aliphatic carbocycles. The Kier molecular flexibility index (Phi) is 7.79. The highest BCUT2D eigenvalue weighted by atomic mass is 31.1. The van der Waals surface area contributed by atoms with Crippen LogP contribution in [0.1, 0.15) is 55.6 Å². The molecule has 0 radical (unpaired) electrons. The lowest BCUT2D eigenvalue weighted by molar-refractivity contribution is -0.144. The molecule has 1 atom stereocenters. The van der Waals surface area contributed by atoms with Crippen molar-refractivity contribution >= 4 is 15.1 Å². The van der Waals surface area contributed by atoms with Crippen LogP contribution in [0.25, 0.3) is 11.1 Å². The van der Waals surface area contributed by atoms with Gasteiger partial charge in [-0.2, -0.15) is 4.20 Å². The van der Waals surface area contributed by atoms with Crippen LogP contribution in [0, 0.1) is 0 Å². The van der Waals surface area contributed by atoms with Crippen molar-refractivity contribution in [3.05, 3.63) is 59.7 Å². The Morgan fingerprint density at radius 1 is 0.889 bits per heavy atom. The molecule has 0 bridgehead atoms. The van der Waals surface area contributed by atoms with E-state index in [1.807, 2.05) is 24.3 Å². The molecule has 0 amide bonds. The van der Waals surface area contributed by atoms with E-state index in [1.54, 1.807) is 0 Å². The zero-order chi connectivity index (χ0) is 18.9. The smallest absolute Gasteiger partial charge is 0.305 e. The number of carbonyl (C=O) groups is 1. The molecule has 0 spiro atoms. The van der Waals surface area contributed by atoms with E-state index in [1.165, 1.54) is 22.3 Å². The van der Waals surface area contributed by atoms with Crippen molar-refractivity contribution in [1.82, 2.24) is 0 Å². The summed E-state index contributed by atoms with van der Waals surface area (Å²) in [5, 5.41) is 0. The Labute approximate surface area is 162 Å². The van der Waals surface area contributed by atoms with Gasteiger partial charge in [-0.1, -0.05) is 67.8 Å². The summed E-state index contributed by atoms with van der Waals surface area (Å²) in [4.78, 5) is 12.1. The van der Waals surface area contributed by atoms with Crippen molar-refractivity contribution in [2.75, 3.05) is 13.2 Å². The minimum Gasteiger partial charge on any atom is -0.465 e. The molecule has 0 heterocycles. The zero-order valence-electron chi connectivity index (χ0n) is 15.5. The number of carbonyl (C=O) groups excluding carboxylic acids is 1. The van der Waals surface area contributed by atoms with E-state index in [2.05, 4.69) is 24.3 Å². The second-order valence-corrected chi connectivity index (χ2v) is 7.30. The Bertz CT molecular complexity index is 704. The van der Waals surface area contributed by atoms with Gasteiger partial charge in [0.15, 0.2) is 0 Å². The second kappa shape index (κ2) is 10.5. The van der Waals surface area contributed by atoms with Crippen LogP contribution in [0.5, 0.6) is 0 Å². The van der Waals surface area contributed by atoms with Crippen molar-refractivity contribution < 1.29 is 18.3 Å². The molecule has 0 N–H and O–H groups in total. The number of hydrogen-bond acceptors (Lipinski definition) is 3. The van der Waals surface area contributed by atoms with Crippen molar-refractivity contribution in [3.63, 3.8) is 0 Å². The van der Waals surface area contributed by atoms with Gasteiger partial charge in [0.25, 0.3) is 0 Å². The summed E-state index contributed by atoms with van der Waals surface area (Å²) < 4.78 is 22.1. The summed E-state index contributed by atoms with van der Waals surface area (Å²) in [6.07, 6.45) is 5.20.